The molecule has 10 aromatic rings. The highest BCUT2D eigenvalue weighted by Gasteiger charge is 2.26. The van der Waals surface area contributed by atoms with Gasteiger partial charge in [0.15, 0.2) is 0 Å². The van der Waals surface area contributed by atoms with Crippen molar-refractivity contribution in [2.24, 2.45) is 0 Å². The van der Waals surface area contributed by atoms with Crippen molar-refractivity contribution in [3.05, 3.63) is 216 Å². The van der Waals surface area contributed by atoms with Crippen LogP contribution in [0, 0.1) is 27.7 Å². The molecule has 0 heterocycles. The van der Waals surface area contributed by atoms with Crippen molar-refractivity contribution in [1.82, 2.24) is 0 Å². The van der Waals surface area contributed by atoms with Gasteiger partial charge in [-0.2, -0.15) is 0 Å². The third-order valence-electron chi connectivity index (χ3n) is 11.9. The van der Waals surface area contributed by atoms with Gasteiger partial charge in [0.05, 0.1) is 0 Å². The van der Waals surface area contributed by atoms with Crippen LogP contribution in [-0.4, -0.2) is 0 Å². The Morgan fingerprint density at radius 3 is 0.810 bits per heavy atom. The maximum atomic E-state index is 2.42. The first-order chi connectivity index (χ1) is 28.4. The molecule has 0 N–H and O–H groups in total. The Morgan fingerprint density at radius 2 is 0.466 bits per heavy atom. The van der Waals surface area contributed by atoms with Gasteiger partial charge in [0.2, 0.25) is 0 Å². The van der Waals surface area contributed by atoms with Crippen LogP contribution >= 0.6 is 0 Å². The molecule has 0 fully saturated rings. The van der Waals surface area contributed by atoms with E-state index in [1.165, 1.54) is 121 Å². The first-order valence-electron chi connectivity index (χ1n) is 20.3. The van der Waals surface area contributed by atoms with Crippen molar-refractivity contribution < 1.29 is 0 Å². The lowest BCUT2D eigenvalue weighted by Crippen LogP contribution is -1.98. The van der Waals surface area contributed by atoms with E-state index in [1.54, 1.807) is 0 Å². The second kappa shape index (κ2) is 14.5. The Kier molecular flexibility index (Phi) is 8.84. The van der Waals surface area contributed by atoms with Gasteiger partial charge in [0.1, 0.15) is 0 Å². The highest BCUT2D eigenvalue weighted by Crippen LogP contribution is 2.54. The molecule has 0 radical (unpaired) electrons. The zero-order chi connectivity index (χ0) is 39.3. The second-order valence-electron chi connectivity index (χ2n) is 16.0. The molecule has 0 unspecified atom stereocenters. The summed E-state index contributed by atoms with van der Waals surface area (Å²) in [6, 6.07) is 72.5. The minimum absolute atomic E-state index is 1.21. The molecule has 0 heteroatoms. The van der Waals surface area contributed by atoms with Crippen molar-refractivity contribution in [2.75, 3.05) is 0 Å². The molecule has 0 aliphatic carbocycles. The van der Waals surface area contributed by atoms with Crippen LogP contribution in [0.2, 0.25) is 0 Å². The van der Waals surface area contributed by atoms with Gasteiger partial charge in [-0.15, -0.1) is 0 Å². The predicted molar refractivity (Wildman–Crippen MR) is 251 cm³/mol. The Hall–Kier alpha value is -7.02. The Balaban J connectivity index is 1.44. The molecule has 0 aliphatic rings. The number of benzene rings is 10. The van der Waals surface area contributed by atoms with Crippen LogP contribution in [0.1, 0.15) is 22.3 Å². The van der Waals surface area contributed by atoms with Crippen molar-refractivity contribution in [1.29, 1.82) is 0 Å². The van der Waals surface area contributed by atoms with Crippen LogP contribution in [0.15, 0.2) is 194 Å². The van der Waals surface area contributed by atoms with Gasteiger partial charge in [0, 0.05) is 0 Å². The summed E-state index contributed by atoms with van der Waals surface area (Å²) in [6.07, 6.45) is 0. The molecule has 10 rings (SSSR count). The molecule has 10 aromatic carbocycles. The maximum absolute atomic E-state index is 2.42. The van der Waals surface area contributed by atoms with Gasteiger partial charge in [-0.1, -0.05) is 216 Å². The first kappa shape index (κ1) is 35.4. The minimum Gasteiger partial charge on any atom is -0.0622 e. The molecule has 276 valence electrons. The molecular formula is C58H44. The molecule has 0 spiro atoms. The van der Waals surface area contributed by atoms with Crippen LogP contribution in [0.3, 0.4) is 0 Å². The third-order valence-corrected chi connectivity index (χ3v) is 11.9. The van der Waals surface area contributed by atoms with Gasteiger partial charge in [-0.05, 0) is 127 Å². The number of rotatable bonds is 6. The van der Waals surface area contributed by atoms with Crippen LogP contribution in [0.5, 0.6) is 0 Å². The van der Waals surface area contributed by atoms with Crippen molar-refractivity contribution in [2.45, 2.75) is 27.7 Å². The predicted octanol–water partition coefficient (Wildman–Crippen LogP) is 16.4. The monoisotopic (exact) mass is 740 g/mol. The second-order valence-corrected chi connectivity index (χ2v) is 16.0. The summed E-state index contributed by atoms with van der Waals surface area (Å²) in [6.45, 7) is 8.80. The van der Waals surface area contributed by atoms with Crippen LogP contribution in [-0.2, 0) is 0 Å². The Labute approximate surface area is 341 Å². The van der Waals surface area contributed by atoms with E-state index in [1.807, 2.05) is 0 Å². The van der Waals surface area contributed by atoms with Gasteiger partial charge in [-0.3, -0.25) is 0 Å². The van der Waals surface area contributed by atoms with E-state index >= 15 is 0 Å². The third kappa shape index (κ3) is 6.19. The average Bonchev–Trinajstić information content (AvgIpc) is 3.26. The molecule has 0 saturated carbocycles. The summed E-state index contributed by atoms with van der Waals surface area (Å²) in [5.74, 6) is 0. The van der Waals surface area contributed by atoms with E-state index in [0.29, 0.717) is 0 Å². The fourth-order valence-corrected chi connectivity index (χ4v) is 9.01. The van der Waals surface area contributed by atoms with E-state index in [0.717, 1.165) is 0 Å². The summed E-state index contributed by atoms with van der Waals surface area (Å²) in [4.78, 5) is 0. The Bertz CT molecular complexity index is 2900. The normalized spacial score (nSPS) is 11.4. The molecule has 0 aliphatic heterocycles. The molecule has 58 heavy (non-hydrogen) atoms. The van der Waals surface area contributed by atoms with Gasteiger partial charge in [-0.25, -0.2) is 0 Å². The largest absolute Gasteiger partial charge is 0.0622 e. The van der Waals surface area contributed by atoms with Crippen molar-refractivity contribution in [3.8, 4) is 66.8 Å². The highest BCUT2D eigenvalue weighted by atomic mass is 14.3. The van der Waals surface area contributed by atoms with Crippen LogP contribution in [0.4, 0.5) is 0 Å². The fraction of sp³-hybridized carbons (Fsp3) is 0.0690. The highest BCUT2D eigenvalue weighted by molar-refractivity contribution is 6.34. The summed E-state index contributed by atoms with van der Waals surface area (Å²) in [5, 5.41) is 7.61. The van der Waals surface area contributed by atoms with Crippen molar-refractivity contribution in [3.63, 3.8) is 0 Å². The van der Waals surface area contributed by atoms with E-state index in [2.05, 4.69) is 222 Å². The maximum Gasteiger partial charge on any atom is -0.000139 e. The molecule has 0 amide bonds. The summed E-state index contributed by atoms with van der Waals surface area (Å²) >= 11 is 0. The van der Waals surface area contributed by atoms with Gasteiger partial charge >= 0.3 is 0 Å². The molecule has 0 saturated heterocycles. The quantitative estimate of drug-likeness (QED) is 0.149. The zero-order valence-corrected chi connectivity index (χ0v) is 33.5. The summed E-state index contributed by atoms with van der Waals surface area (Å²) in [5.41, 5.74) is 19.8. The van der Waals surface area contributed by atoms with Gasteiger partial charge < -0.3 is 0 Å². The lowest BCUT2D eigenvalue weighted by Gasteiger charge is -2.26. The number of hydrogen-bond acceptors (Lipinski definition) is 0. The lowest BCUT2D eigenvalue weighted by atomic mass is 9.77. The summed E-state index contributed by atoms with van der Waals surface area (Å²) in [7, 11) is 0. The Morgan fingerprint density at radius 1 is 0.207 bits per heavy atom. The zero-order valence-electron chi connectivity index (χ0n) is 33.5. The SMILES string of the molecule is Cc1ccc(-c2c3ccc(C)cc3c(-c3ccc(-c4ccccc4)cc3)c3c(-c4ccc(C)cc4)c4ccc(C)cc4c(-c4ccc(-c5ccccc5)cc4)c23)cc1. The molecule has 0 atom stereocenters. The smallest absolute Gasteiger partial charge is 0.000139 e. The lowest BCUT2D eigenvalue weighted by molar-refractivity contribution is 1.47. The van der Waals surface area contributed by atoms with Crippen molar-refractivity contribution >= 4 is 32.3 Å². The van der Waals surface area contributed by atoms with Crippen LogP contribution < -0.4 is 0 Å². The van der Waals surface area contributed by atoms with E-state index < -0.39 is 0 Å². The van der Waals surface area contributed by atoms with Crippen LogP contribution in [0.25, 0.3) is 99.1 Å². The van der Waals surface area contributed by atoms with E-state index in [4.69, 9.17) is 0 Å². The fourth-order valence-electron chi connectivity index (χ4n) is 9.01. The average molecular weight is 741 g/mol. The van der Waals surface area contributed by atoms with Gasteiger partial charge in [0.25, 0.3) is 0 Å². The molecular weight excluding hydrogens is 697 g/mol. The first-order valence-corrected chi connectivity index (χ1v) is 20.3. The molecule has 0 aromatic heterocycles. The topological polar surface area (TPSA) is 0 Å². The standard InChI is InChI=1S/C58H44/c1-37-15-21-45(22-16-37)53-49-33-19-39(3)35-51(49)56(48-31-27-44(28-32-48)42-13-9-6-10-14-42)58-54(46-23-17-38(2)18-24-46)50-34-20-40(4)36-52(50)55(57(53)58)47-29-25-43(26-30-47)41-11-7-5-8-12-41/h5-36H,1-4H3. The minimum atomic E-state index is 1.21. The van der Waals surface area contributed by atoms with E-state index in [9.17, 15) is 0 Å². The molecule has 0 bridgehead atoms. The summed E-state index contributed by atoms with van der Waals surface area (Å²) < 4.78 is 0. The van der Waals surface area contributed by atoms with E-state index in [-0.39, 0.29) is 0 Å². The number of aryl methyl sites for hydroxylation is 4. The molecule has 0 nitrogen and oxygen atoms in total. The number of hydrogen-bond donors (Lipinski definition) is 0. The number of fused-ring (bicyclic) bond motifs is 3.